The molecule has 0 saturated carbocycles. The van der Waals surface area contributed by atoms with Gasteiger partial charge in [0.1, 0.15) is 5.69 Å². The maximum atomic E-state index is 12.4. The third-order valence-electron chi connectivity index (χ3n) is 4.40. The maximum absolute atomic E-state index is 12.4. The molecule has 6 nitrogen and oxygen atoms in total. The second-order valence-corrected chi connectivity index (χ2v) is 6.43. The summed E-state index contributed by atoms with van der Waals surface area (Å²) in [6, 6.07) is 7.52. The number of amides is 1. The highest BCUT2D eigenvalue weighted by Gasteiger charge is 2.24. The molecule has 2 rings (SSSR count). The van der Waals surface area contributed by atoms with Gasteiger partial charge in [-0.25, -0.2) is 4.79 Å². The minimum Gasteiger partial charge on any atom is -0.448 e. The molecule has 0 fully saturated rings. The molecule has 0 radical (unpaired) electrons. The molecule has 0 aliphatic heterocycles. The van der Waals surface area contributed by atoms with Crippen LogP contribution in [0.2, 0.25) is 0 Å². The summed E-state index contributed by atoms with van der Waals surface area (Å²) in [6.07, 6.45) is -0.725. The molecule has 26 heavy (non-hydrogen) atoms. The molecule has 0 aliphatic carbocycles. The highest BCUT2D eigenvalue weighted by molar-refractivity contribution is 5.97. The Morgan fingerprint density at radius 3 is 2.31 bits per heavy atom. The summed E-state index contributed by atoms with van der Waals surface area (Å²) in [4.78, 5) is 27.6. The van der Waals surface area contributed by atoms with Gasteiger partial charge in [-0.15, -0.1) is 0 Å². The highest BCUT2D eigenvalue weighted by Crippen LogP contribution is 2.25. The highest BCUT2D eigenvalue weighted by atomic mass is 16.5. The van der Waals surface area contributed by atoms with Crippen LogP contribution in [0.5, 0.6) is 0 Å². The number of benzene rings is 1. The van der Waals surface area contributed by atoms with Gasteiger partial charge in [0.05, 0.1) is 6.10 Å². The van der Waals surface area contributed by atoms with Gasteiger partial charge in [0.2, 0.25) is 0 Å². The Morgan fingerprint density at radius 2 is 1.81 bits per heavy atom. The van der Waals surface area contributed by atoms with Crippen LogP contribution in [-0.2, 0) is 16.0 Å². The first-order valence-corrected chi connectivity index (χ1v) is 8.72. The number of aromatic nitrogens is 1. The second kappa shape index (κ2) is 8.19. The molecule has 3 N–H and O–H groups in total. The summed E-state index contributed by atoms with van der Waals surface area (Å²) < 4.78 is 5.28. The van der Waals surface area contributed by atoms with Crippen molar-refractivity contribution in [3.05, 3.63) is 52.3 Å². The predicted octanol–water partition coefficient (Wildman–Crippen LogP) is 3.43. The summed E-state index contributed by atoms with van der Waals surface area (Å²) in [5.41, 5.74) is 4.09. The van der Waals surface area contributed by atoms with Gasteiger partial charge in [-0.3, -0.25) is 4.79 Å². The summed E-state index contributed by atoms with van der Waals surface area (Å²) in [7, 11) is 0. The van der Waals surface area contributed by atoms with Crippen LogP contribution in [0.15, 0.2) is 24.3 Å². The van der Waals surface area contributed by atoms with Crippen LogP contribution in [0.25, 0.3) is 0 Å². The number of esters is 1. The third kappa shape index (κ3) is 4.32. The summed E-state index contributed by atoms with van der Waals surface area (Å²) >= 11 is 0. The number of aliphatic hydroxyl groups excluding tert-OH is 1. The number of H-pyrrole nitrogens is 1. The number of ether oxygens (including phenoxy) is 1. The van der Waals surface area contributed by atoms with Gasteiger partial charge in [0.15, 0.2) is 6.10 Å². The fourth-order valence-electron chi connectivity index (χ4n) is 2.94. The summed E-state index contributed by atoms with van der Waals surface area (Å²) in [5, 5.41) is 12.5. The Kier molecular flexibility index (Phi) is 6.21. The second-order valence-electron chi connectivity index (χ2n) is 6.43. The van der Waals surface area contributed by atoms with E-state index in [9.17, 15) is 14.7 Å². The quantitative estimate of drug-likeness (QED) is 0.690. The minimum atomic E-state index is -0.952. The van der Waals surface area contributed by atoms with Crippen molar-refractivity contribution < 1.29 is 19.4 Å². The SMILES string of the molecule is CCc1ccc(NC(=O)[C@H](C)OC(=O)c2[nH]c(C)c([C@@H](C)O)c2C)cc1. The molecule has 1 heterocycles. The van der Waals surface area contributed by atoms with E-state index in [0.717, 1.165) is 6.42 Å². The van der Waals surface area contributed by atoms with Crippen LogP contribution in [0.3, 0.4) is 0 Å². The number of carbonyl (C=O) groups excluding carboxylic acids is 2. The van der Waals surface area contributed by atoms with E-state index in [1.165, 1.54) is 12.5 Å². The molecular formula is C20H26N2O4. The fraction of sp³-hybridized carbons (Fsp3) is 0.400. The van der Waals surface area contributed by atoms with Crippen molar-refractivity contribution >= 4 is 17.6 Å². The van der Waals surface area contributed by atoms with Crippen molar-refractivity contribution in [3.63, 3.8) is 0 Å². The van der Waals surface area contributed by atoms with Gasteiger partial charge in [0.25, 0.3) is 5.91 Å². The molecular weight excluding hydrogens is 332 g/mol. The average molecular weight is 358 g/mol. The van der Waals surface area contributed by atoms with Crippen LogP contribution in [0, 0.1) is 13.8 Å². The van der Waals surface area contributed by atoms with Gasteiger partial charge < -0.3 is 20.1 Å². The molecule has 1 aromatic heterocycles. The number of hydrogen-bond acceptors (Lipinski definition) is 4. The van der Waals surface area contributed by atoms with Crippen LogP contribution >= 0.6 is 0 Å². The zero-order chi connectivity index (χ0) is 19.4. The zero-order valence-corrected chi connectivity index (χ0v) is 15.8. The Labute approximate surface area is 153 Å². The molecule has 0 bridgehead atoms. The lowest BCUT2D eigenvalue weighted by molar-refractivity contribution is -0.123. The maximum Gasteiger partial charge on any atom is 0.355 e. The Morgan fingerprint density at radius 1 is 1.19 bits per heavy atom. The van der Waals surface area contributed by atoms with Crippen molar-refractivity contribution in [1.29, 1.82) is 0 Å². The van der Waals surface area contributed by atoms with E-state index >= 15 is 0 Å². The molecule has 0 spiro atoms. The predicted molar refractivity (Wildman–Crippen MR) is 100 cm³/mol. The van der Waals surface area contributed by atoms with Crippen LogP contribution in [0.1, 0.15) is 59.7 Å². The van der Waals surface area contributed by atoms with Gasteiger partial charge in [-0.05, 0) is 57.4 Å². The smallest absolute Gasteiger partial charge is 0.355 e. The number of hydrogen-bond donors (Lipinski definition) is 3. The Balaban J connectivity index is 2.04. The van der Waals surface area contributed by atoms with Crippen molar-refractivity contribution in [2.45, 2.75) is 53.2 Å². The zero-order valence-electron chi connectivity index (χ0n) is 15.8. The first-order chi connectivity index (χ1) is 12.2. The van der Waals surface area contributed by atoms with Gasteiger partial charge in [-0.1, -0.05) is 19.1 Å². The number of rotatable bonds is 6. The van der Waals surface area contributed by atoms with Crippen LogP contribution < -0.4 is 5.32 Å². The van der Waals surface area contributed by atoms with Crippen molar-refractivity contribution in [2.75, 3.05) is 5.32 Å². The lowest BCUT2D eigenvalue weighted by Crippen LogP contribution is -2.30. The molecule has 140 valence electrons. The van der Waals surface area contributed by atoms with Gasteiger partial charge in [-0.2, -0.15) is 0 Å². The first-order valence-electron chi connectivity index (χ1n) is 8.72. The number of anilines is 1. The largest absolute Gasteiger partial charge is 0.448 e. The topological polar surface area (TPSA) is 91.4 Å². The Bertz CT molecular complexity index is 791. The van der Waals surface area contributed by atoms with Crippen molar-refractivity contribution in [2.24, 2.45) is 0 Å². The number of aliphatic hydroxyl groups is 1. The molecule has 2 atom stereocenters. The summed E-state index contributed by atoms with van der Waals surface area (Å²) in [6.45, 7) is 8.74. The Hall–Kier alpha value is -2.60. The normalized spacial score (nSPS) is 13.2. The molecule has 0 aliphatic rings. The molecule has 0 saturated heterocycles. The van der Waals surface area contributed by atoms with E-state index in [1.807, 2.05) is 24.3 Å². The van der Waals surface area contributed by atoms with E-state index in [4.69, 9.17) is 4.74 Å². The molecule has 6 heteroatoms. The average Bonchev–Trinajstić information content (AvgIpc) is 2.90. The van der Waals surface area contributed by atoms with E-state index in [0.29, 0.717) is 22.5 Å². The molecule has 1 aromatic carbocycles. The molecule has 1 amide bonds. The van der Waals surface area contributed by atoms with Crippen LogP contribution in [0.4, 0.5) is 5.69 Å². The van der Waals surface area contributed by atoms with Gasteiger partial charge >= 0.3 is 5.97 Å². The van der Waals surface area contributed by atoms with Crippen molar-refractivity contribution in [3.8, 4) is 0 Å². The molecule has 0 unspecified atom stereocenters. The lowest BCUT2D eigenvalue weighted by atomic mass is 10.1. The van der Waals surface area contributed by atoms with E-state index < -0.39 is 24.1 Å². The minimum absolute atomic E-state index is 0.255. The van der Waals surface area contributed by atoms with Gasteiger partial charge in [0, 0.05) is 16.9 Å². The van der Waals surface area contributed by atoms with E-state index in [1.54, 1.807) is 20.8 Å². The molecule has 2 aromatic rings. The van der Waals surface area contributed by atoms with E-state index in [-0.39, 0.29) is 5.69 Å². The third-order valence-corrected chi connectivity index (χ3v) is 4.40. The monoisotopic (exact) mass is 358 g/mol. The summed E-state index contributed by atoms with van der Waals surface area (Å²) in [5.74, 6) is -1.03. The van der Waals surface area contributed by atoms with E-state index in [2.05, 4.69) is 17.2 Å². The van der Waals surface area contributed by atoms with Crippen molar-refractivity contribution in [1.82, 2.24) is 4.98 Å². The first kappa shape index (κ1) is 19.7. The number of aromatic amines is 1. The fourth-order valence-corrected chi connectivity index (χ4v) is 2.94. The number of aryl methyl sites for hydroxylation is 2. The standard InChI is InChI=1S/C20H26N2O4/c1-6-15-7-9-16(10-8-15)22-19(24)14(5)26-20(25)18-11(2)17(13(4)23)12(3)21-18/h7-10,13-14,21,23H,6H2,1-5H3,(H,22,24)/t13-,14+/m1/s1. The van der Waals surface area contributed by atoms with Crippen LogP contribution in [-0.4, -0.2) is 28.1 Å². The number of carbonyl (C=O) groups is 2. The number of nitrogens with one attached hydrogen (secondary N) is 2. The lowest BCUT2D eigenvalue weighted by Gasteiger charge is -2.14.